The van der Waals surface area contributed by atoms with Crippen LogP contribution in [0.25, 0.3) is 0 Å². The van der Waals surface area contributed by atoms with E-state index in [9.17, 15) is 9.59 Å². The normalized spacial score (nSPS) is 11.8. The molecular formula is C17H24O5. The molecule has 0 aliphatic rings. The van der Waals surface area contributed by atoms with Crippen LogP contribution in [0.2, 0.25) is 0 Å². The molecule has 0 saturated carbocycles. The monoisotopic (exact) mass is 308 g/mol. The summed E-state index contributed by atoms with van der Waals surface area (Å²) < 4.78 is 15.6. The number of benzene rings is 1. The Balaban J connectivity index is 2.58. The molecule has 5 nitrogen and oxygen atoms in total. The molecule has 0 saturated heterocycles. The van der Waals surface area contributed by atoms with E-state index < -0.39 is 18.0 Å². The molecule has 1 unspecified atom stereocenters. The van der Waals surface area contributed by atoms with Gasteiger partial charge in [-0.25, -0.2) is 0 Å². The first kappa shape index (κ1) is 18.2. The van der Waals surface area contributed by atoms with E-state index in [1.54, 1.807) is 6.92 Å². The smallest absolute Gasteiger partial charge is 0.307 e. The fourth-order valence-electron chi connectivity index (χ4n) is 1.86. The van der Waals surface area contributed by atoms with Crippen molar-refractivity contribution < 1.29 is 23.8 Å². The Bertz CT molecular complexity index is 466. The highest BCUT2D eigenvalue weighted by Gasteiger charge is 2.18. The number of aryl methyl sites for hydroxylation is 1. The van der Waals surface area contributed by atoms with E-state index in [0.717, 1.165) is 11.1 Å². The van der Waals surface area contributed by atoms with Crippen molar-refractivity contribution in [1.82, 2.24) is 0 Å². The van der Waals surface area contributed by atoms with Gasteiger partial charge in [0.1, 0.15) is 0 Å². The van der Waals surface area contributed by atoms with Crippen molar-refractivity contribution >= 4 is 11.9 Å². The number of carbonyl (C=O) groups excluding carboxylic acids is 2. The predicted molar refractivity (Wildman–Crippen MR) is 82.4 cm³/mol. The third-order valence-corrected chi connectivity index (χ3v) is 3.03. The zero-order chi connectivity index (χ0) is 16.4. The minimum atomic E-state index is -0.463. The third kappa shape index (κ3) is 6.72. The van der Waals surface area contributed by atoms with Gasteiger partial charge in [-0.05, 0) is 26.3 Å². The molecule has 0 radical (unpaired) electrons. The molecule has 0 bridgehead atoms. The van der Waals surface area contributed by atoms with Gasteiger partial charge < -0.3 is 14.2 Å². The highest BCUT2D eigenvalue weighted by molar-refractivity contribution is 5.77. The first-order valence-corrected chi connectivity index (χ1v) is 7.56. The summed E-state index contributed by atoms with van der Waals surface area (Å²) in [5, 5.41) is 0. The first-order chi connectivity index (χ1) is 10.6. The highest BCUT2D eigenvalue weighted by atomic mass is 16.6. The average molecular weight is 308 g/mol. The van der Waals surface area contributed by atoms with Crippen LogP contribution in [0.3, 0.4) is 0 Å². The summed E-state index contributed by atoms with van der Waals surface area (Å²) in [6.07, 6.45) is -0.426. The van der Waals surface area contributed by atoms with E-state index in [1.165, 1.54) is 0 Å². The Morgan fingerprint density at radius 1 is 1.00 bits per heavy atom. The number of carbonyl (C=O) groups is 2. The molecule has 1 aromatic carbocycles. The molecule has 5 heteroatoms. The second-order valence-corrected chi connectivity index (χ2v) is 4.85. The van der Waals surface area contributed by atoms with Gasteiger partial charge in [0.2, 0.25) is 0 Å². The lowest BCUT2D eigenvalue weighted by atomic mass is 10.1. The lowest BCUT2D eigenvalue weighted by Gasteiger charge is -2.18. The lowest BCUT2D eigenvalue weighted by molar-refractivity contribution is -0.156. The number of ether oxygens (including phenoxy) is 3. The van der Waals surface area contributed by atoms with Crippen LogP contribution < -0.4 is 0 Å². The molecule has 1 atom stereocenters. The van der Waals surface area contributed by atoms with Crippen LogP contribution in [0.4, 0.5) is 0 Å². The van der Waals surface area contributed by atoms with Crippen molar-refractivity contribution in [3.63, 3.8) is 0 Å². The highest BCUT2D eigenvalue weighted by Crippen LogP contribution is 2.19. The van der Waals surface area contributed by atoms with E-state index in [4.69, 9.17) is 14.2 Å². The lowest BCUT2D eigenvalue weighted by Crippen LogP contribution is -2.17. The zero-order valence-corrected chi connectivity index (χ0v) is 13.5. The largest absolute Gasteiger partial charge is 0.466 e. The molecule has 1 aromatic rings. The van der Waals surface area contributed by atoms with Gasteiger partial charge in [0, 0.05) is 6.61 Å². The van der Waals surface area contributed by atoms with Crippen LogP contribution >= 0.6 is 0 Å². The standard InChI is InChI=1S/C17H24O5/c1-4-20-12-15(14-8-6-13(3)7-9-14)22-17(19)11-10-16(18)21-5-2/h6-9,15H,4-5,10-12H2,1-3H3. The van der Waals surface area contributed by atoms with Gasteiger partial charge in [-0.15, -0.1) is 0 Å². The van der Waals surface area contributed by atoms with Gasteiger partial charge in [0.05, 0.1) is 26.1 Å². The molecule has 1 rings (SSSR count). The molecule has 0 aliphatic heterocycles. The first-order valence-electron chi connectivity index (χ1n) is 7.56. The maximum absolute atomic E-state index is 11.9. The van der Waals surface area contributed by atoms with E-state index in [1.807, 2.05) is 38.1 Å². The molecule has 0 aromatic heterocycles. The fraction of sp³-hybridized carbons (Fsp3) is 0.529. The maximum atomic E-state index is 11.9. The van der Waals surface area contributed by atoms with E-state index in [-0.39, 0.29) is 12.8 Å². The van der Waals surface area contributed by atoms with Gasteiger partial charge in [-0.2, -0.15) is 0 Å². The summed E-state index contributed by atoms with van der Waals surface area (Å²) in [7, 11) is 0. The Hall–Kier alpha value is -1.88. The number of hydrogen-bond donors (Lipinski definition) is 0. The number of hydrogen-bond acceptors (Lipinski definition) is 5. The molecule has 0 fully saturated rings. The van der Waals surface area contributed by atoms with Crippen molar-refractivity contribution in [2.45, 2.75) is 39.7 Å². The molecule has 0 aliphatic carbocycles. The van der Waals surface area contributed by atoms with Crippen molar-refractivity contribution in [1.29, 1.82) is 0 Å². The van der Waals surface area contributed by atoms with E-state index in [2.05, 4.69) is 0 Å². The molecule has 0 N–H and O–H groups in total. The number of esters is 2. The number of rotatable bonds is 9. The van der Waals surface area contributed by atoms with Crippen LogP contribution in [0.1, 0.15) is 43.9 Å². The summed E-state index contributed by atoms with van der Waals surface area (Å²) in [6, 6.07) is 7.75. The topological polar surface area (TPSA) is 61.8 Å². The minimum absolute atomic E-state index is 0.00726. The Morgan fingerprint density at radius 3 is 2.23 bits per heavy atom. The van der Waals surface area contributed by atoms with Crippen molar-refractivity contribution in [2.24, 2.45) is 0 Å². The van der Waals surface area contributed by atoms with Crippen LogP contribution in [-0.2, 0) is 23.8 Å². The molecule has 0 amide bonds. The van der Waals surface area contributed by atoms with E-state index >= 15 is 0 Å². The van der Waals surface area contributed by atoms with Crippen LogP contribution in [0.5, 0.6) is 0 Å². The van der Waals surface area contributed by atoms with Crippen molar-refractivity contribution in [2.75, 3.05) is 19.8 Å². The maximum Gasteiger partial charge on any atom is 0.307 e. The van der Waals surface area contributed by atoms with Crippen molar-refractivity contribution in [3.8, 4) is 0 Å². The Kier molecular flexibility index (Phi) is 8.22. The van der Waals surface area contributed by atoms with Gasteiger partial charge in [0.25, 0.3) is 0 Å². The van der Waals surface area contributed by atoms with Crippen LogP contribution in [-0.4, -0.2) is 31.8 Å². The fourth-order valence-corrected chi connectivity index (χ4v) is 1.86. The zero-order valence-electron chi connectivity index (χ0n) is 13.5. The van der Waals surface area contributed by atoms with Gasteiger partial charge in [0.15, 0.2) is 6.10 Å². The van der Waals surface area contributed by atoms with Gasteiger partial charge in [-0.3, -0.25) is 9.59 Å². The summed E-state index contributed by atoms with van der Waals surface area (Å²) in [4.78, 5) is 23.1. The predicted octanol–water partition coefficient (Wildman–Crippen LogP) is 2.96. The second-order valence-electron chi connectivity index (χ2n) is 4.85. The summed E-state index contributed by atoms with van der Waals surface area (Å²) in [6.45, 7) is 6.75. The molecule has 0 spiro atoms. The van der Waals surface area contributed by atoms with Gasteiger partial charge in [-0.1, -0.05) is 29.8 Å². The summed E-state index contributed by atoms with van der Waals surface area (Å²) in [5.74, 6) is -0.825. The van der Waals surface area contributed by atoms with Gasteiger partial charge >= 0.3 is 11.9 Å². The summed E-state index contributed by atoms with van der Waals surface area (Å²) in [5.41, 5.74) is 2.01. The molecule has 22 heavy (non-hydrogen) atoms. The quantitative estimate of drug-likeness (QED) is 0.656. The van der Waals surface area contributed by atoms with Crippen molar-refractivity contribution in [3.05, 3.63) is 35.4 Å². The van der Waals surface area contributed by atoms with E-state index in [0.29, 0.717) is 19.8 Å². The Labute approximate surface area is 131 Å². The van der Waals surface area contributed by atoms with Crippen LogP contribution in [0.15, 0.2) is 24.3 Å². The Morgan fingerprint density at radius 2 is 1.64 bits per heavy atom. The molecule has 0 heterocycles. The minimum Gasteiger partial charge on any atom is -0.466 e. The van der Waals surface area contributed by atoms with Crippen LogP contribution in [0, 0.1) is 6.92 Å². The molecular weight excluding hydrogens is 284 g/mol. The second kappa shape index (κ2) is 9.95. The molecule has 122 valence electrons. The summed E-state index contributed by atoms with van der Waals surface area (Å²) >= 11 is 0. The third-order valence-electron chi connectivity index (χ3n) is 3.03. The average Bonchev–Trinajstić information content (AvgIpc) is 2.50. The SMILES string of the molecule is CCOCC(OC(=O)CCC(=O)OCC)c1ccc(C)cc1.